The molecule has 4 nitrogen and oxygen atoms in total. The number of amides is 1. The second kappa shape index (κ2) is 5.83. The summed E-state index contributed by atoms with van der Waals surface area (Å²) in [5, 5.41) is 3.08. The van der Waals surface area contributed by atoms with Gasteiger partial charge in [0.05, 0.1) is 19.1 Å². The average molecular weight is 241 g/mol. The van der Waals surface area contributed by atoms with Crippen molar-refractivity contribution in [1.29, 1.82) is 0 Å². The predicted molar refractivity (Wildman–Crippen MR) is 64.7 cm³/mol. The van der Waals surface area contributed by atoms with E-state index in [9.17, 15) is 4.79 Å². The third kappa shape index (κ3) is 3.19. The van der Waals surface area contributed by atoms with Gasteiger partial charge >= 0.3 is 0 Å². The number of hydrogen-bond acceptors (Lipinski definition) is 3. The molecule has 0 spiro atoms. The number of carbonyl (C=O) groups is 1. The molecule has 0 aromatic heterocycles. The largest absolute Gasteiger partial charge is 0.381 e. The Morgan fingerprint density at radius 3 is 2.88 bits per heavy atom. The van der Waals surface area contributed by atoms with Crippen molar-refractivity contribution >= 4 is 5.91 Å². The first kappa shape index (κ1) is 12.8. The van der Waals surface area contributed by atoms with Gasteiger partial charge in [-0.2, -0.15) is 0 Å². The van der Waals surface area contributed by atoms with Crippen LogP contribution in [0.3, 0.4) is 0 Å². The Morgan fingerprint density at radius 2 is 2.35 bits per heavy atom. The topological polar surface area (TPSA) is 47.6 Å². The maximum Gasteiger partial charge on any atom is 0.225 e. The predicted octanol–water partition coefficient (Wildman–Crippen LogP) is 1.35. The summed E-state index contributed by atoms with van der Waals surface area (Å²) in [6.07, 6.45) is 4.47. The van der Waals surface area contributed by atoms with Crippen LogP contribution >= 0.6 is 0 Å². The van der Waals surface area contributed by atoms with Crippen molar-refractivity contribution in [3.63, 3.8) is 0 Å². The van der Waals surface area contributed by atoms with Crippen molar-refractivity contribution in [2.45, 2.75) is 32.6 Å². The number of hydrogen-bond donors (Lipinski definition) is 1. The Kier molecular flexibility index (Phi) is 4.40. The molecule has 1 N–H and O–H groups in total. The van der Waals surface area contributed by atoms with Crippen LogP contribution in [0.25, 0.3) is 0 Å². The van der Waals surface area contributed by atoms with Gasteiger partial charge in [0.2, 0.25) is 5.91 Å². The maximum absolute atomic E-state index is 11.9. The summed E-state index contributed by atoms with van der Waals surface area (Å²) < 4.78 is 10.8. The zero-order valence-corrected chi connectivity index (χ0v) is 10.7. The van der Waals surface area contributed by atoms with E-state index in [4.69, 9.17) is 9.47 Å². The van der Waals surface area contributed by atoms with E-state index in [-0.39, 0.29) is 17.2 Å². The molecule has 1 heterocycles. The van der Waals surface area contributed by atoms with E-state index in [2.05, 4.69) is 5.32 Å². The van der Waals surface area contributed by atoms with Gasteiger partial charge < -0.3 is 14.8 Å². The van der Waals surface area contributed by atoms with E-state index in [1.807, 2.05) is 6.92 Å². The SMILES string of the molecule is CCOCC1(CNC(=O)[C@H]2CCOC2)CCC1. The Labute approximate surface area is 103 Å². The molecule has 0 unspecified atom stereocenters. The second-order valence-electron chi connectivity index (χ2n) is 5.27. The summed E-state index contributed by atoms with van der Waals surface area (Å²) in [7, 11) is 0. The Balaban J connectivity index is 1.73. The van der Waals surface area contributed by atoms with Gasteiger partial charge in [0, 0.05) is 25.2 Å². The summed E-state index contributed by atoms with van der Waals surface area (Å²) in [4.78, 5) is 11.9. The summed E-state index contributed by atoms with van der Waals surface area (Å²) in [5.41, 5.74) is 0.213. The zero-order valence-electron chi connectivity index (χ0n) is 10.7. The first-order valence-electron chi connectivity index (χ1n) is 6.69. The van der Waals surface area contributed by atoms with E-state index >= 15 is 0 Å². The van der Waals surface area contributed by atoms with Crippen LogP contribution in [0.15, 0.2) is 0 Å². The Hall–Kier alpha value is -0.610. The monoisotopic (exact) mass is 241 g/mol. The Bertz CT molecular complexity index is 257. The van der Waals surface area contributed by atoms with Crippen LogP contribution < -0.4 is 5.32 Å². The molecule has 2 rings (SSSR count). The minimum absolute atomic E-state index is 0.0687. The number of carbonyl (C=O) groups excluding carboxylic acids is 1. The molecule has 1 saturated carbocycles. The van der Waals surface area contributed by atoms with Crippen LogP contribution in [0.5, 0.6) is 0 Å². The molecule has 0 aromatic carbocycles. The summed E-state index contributed by atoms with van der Waals surface area (Å²) in [6, 6.07) is 0. The lowest BCUT2D eigenvalue weighted by Crippen LogP contribution is -2.46. The van der Waals surface area contributed by atoms with Crippen molar-refractivity contribution in [1.82, 2.24) is 5.32 Å². The van der Waals surface area contributed by atoms with Crippen molar-refractivity contribution < 1.29 is 14.3 Å². The van der Waals surface area contributed by atoms with E-state index in [0.29, 0.717) is 6.61 Å². The fraction of sp³-hybridized carbons (Fsp3) is 0.923. The first-order chi connectivity index (χ1) is 8.26. The van der Waals surface area contributed by atoms with E-state index < -0.39 is 0 Å². The second-order valence-corrected chi connectivity index (χ2v) is 5.27. The standard InChI is InChI=1S/C13H23NO3/c1-2-16-10-13(5-3-6-13)9-14-12(15)11-4-7-17-8-11/h11H,2-10H2,1H3,(H,14,15)/t11-/m0/s1. The lowest BCUT2D eigenvalue weighted by molar-refractivity contribution is -0.126. The highest BCUT2D eigenvalue weighted by Gasteiger charge is 2.38. The lowest BCUT2D eigenvalue weighted by Gasteiger charge is -2.41. The molecule has 1 aliphatic heterocycles. The molecule has 17 heavy (non-hydrogen) atoms. The molecule has 0 aromatic rings. The highest BCUT2D eigenvalue weighted by molar-refractivity contribution is 5.79. The molecule has 1 aliphatic carbocycles. The van der Waals surface area contributed by atoms with Gasteiger partial charge in [-0.1, -0.05) is 6.42 Å². The first-order valence-corrected chi connectivity index (χ1v) is 6.69. The highest BCUT2D eigenvalue weighted by Crippen LogP contribution is 2.40. The average Bonchev–Trinajstić information content (AvgIpc) is 2.80. The molecule has 0 radical (unpaired) electrons. The van der Waals surface area contributed by atoms with Crippen LogP contribution in [-0.2, 0) is 14.3 Å². The van der Waals surface area contributed by atoms with Crippen LogP contribution in [0.4, 0.5) is 0 Å². The molecular formula is C13H23NO3. The van der Waals surface area contributed by atoms with Crippen LogP contribution in [0.2, 0.25) is 0 Å². The van der Waals surface area contributed by atoms with Gasteiger partial charge in [0.1, 0.15) is 0 Å². The van der Waals surface area contributed by atoms with Crippen molar-refractivity contribution in [3.05, 3.63) is 0 Å². The molecule has 2 aliphatic rings. The van der Waals surface area contributed by atoms with Crippen molar-refractivity contribution in [2.24, 2.45) is 11.3 Å². The van der Waals surface area contributed by atoms with Gasteiger partial charge in [-0.25, -0.2) is 0 Å². The minimum atomic E-state index is 0.0687. The summed E-state index contributed by atoms with van der Waals surface area (Å²) >= 11 is 0. The minimum Gasteiger partial charge on any atom is -0.381 e. The molecule has 1 amide bonds. The normalized spacial score (nSPS) is 26.5. The van der Waals surface area contributed by atoms with E-state index in [0.717, 1.165) is 32.8 Å². The van der Waals surface area contributed by atoms with Crippen molar-refractivity contribution in [2.75, 3.05) is 33.0 Å². The third-order valence-electron chi connectivity index (χ3n) is 3.96. The van der Waals surface area contributed by atoms with Gasteiger partial charge in [-0.15, -0.1) is 0 Å². The highest BCUT2D eigenvalue weighted by atomic mass is 16.5. The quantitative estimate of drug-likeness (QED) is 0.763. The molecule has 1 atom stereocenters. The fourth-order valence-corrected chi connectivity index (χ4v) is 2.53. The Morgan fingerprint density at radius 1 is 1.53 bits per heavy atom. The third-order valence-corrected chi connectivity index (χ3v) is 3.96. The molecular weight excluding hydrogens is 218 g/mol. The summed E-state index contributed by atoms with van der Waals surface area (Å²) in [5.74, 6) is 0.226. The van der Waals surface area contributed by atoms with Gasteiger partial charge in [-0.05, 0) is 26.2 Å². The number of nitrogens with one attached hydrogen (secondary N) is 1. The molecule has 1 saturated heterocycles. The van der Waals surface area contributed by atoms with Gasteiger partial charge in [-0.3, -0.25) is 4.79 Å². The zero-order chi connectivity index (χ0) is 12.1. The van der Waals surface area contributed by atoms with Crippen LogP contribution in [-0.4, -0.2) is 38.9 Å². The van der Waals surface area contributed by atoms with Gasteiger partial charge in [0.25, 0.3) is 0 Å². The molecule has 0 bridgehead atoms. The molecule has 4 heteroatoms. The van der Waals surface area contributed by atoms with Crippen molar-refractivity contribution in [3.8, 4) is 0 Å². The van der Waals surface area contributed by atoms with Crippen LogP contribution in [0.1, 0.15) is 32.6 Å². The lowest BCUT2D eigenvalue weighted by atomic mass is 9.69. The number of ether oxygens (including phenoxy) is 2. The maximum atomic E-state index is 11.9. The van der Waals surface area contributed by atoms with E-state index in [1.54, 1.807) is 0 Å². The molecule has 98 valence electrons. The molecule has 2 fully saturated rings. The smallest absolute Gasteiger partial charge is 0.225 e. The van der Waals surface area contributed by atoms with E-state index in [1.165, 1.54) is 19.3 Å². The van der Waals surface area contributed by atoms with Gasteiger partial charge in [0.15, 0.2) is 0 Å². The summed E-state index contributed by atoms with van der Waals surface area (Å²) in [6.45, 7) is 5.63. The van der Waals surface area contributed by atoms with Crippen LogP contribution in [0, 0.1) is 11.3 Å². The number of rotatable bonds is 6. The fourth-order valence-electron chi connectivity index (χ4n) is 2.53.